The van der Waals surface area contributed by atoms with E-state index in [1.165, 1.54) is 29.4 Å². The molecule has 2 N–H and O–H groups in total. The Morgan fingerprint density at radius 2 is 1.58 bits per heavy atom. The summed E-state index contributed by atoms with van der Waals surface area (Å²) < 4.78 is 29.9. The Bertz CT molecular complexity index is 1140. The van der Waals surface area contributed by atoms with E-state index in [4.69, 9.17) is 0 Å². The zero-order chi connectivity index (χ0) is 23.4. The summed E-state index contributed by atoms with van der Waals surface area (Å²) in [7, 11) is 0. The Labute approximate surface area is 190 Å². The number of fused-ring (bicyclic) bond motifs is 3. The second-order valence-electron chi connectivity index (χ2n) is 8.83. The first-order valence-corrected chi connectivity index (χ1v) is 11.0. The van der Waals surface area contributed by atoms with Gasteiger partial charge in [-0.05, 0) is 67.2 Å². The van der Waals surface area contributed by atoms with Crippen molar-refractivity contribution in [2.75, 3.05) is 6.67 Å². The molecule has 0 bridgehead atoms. The molecule has 1 saturated heterocycles. The van der Waals surface area contributed by atoms with E-state index in [9.17, 15) is 23.8 Å². The number of aliphatic hydroxyl groups is 2. The Balaban J connectivity index is 1.76. The minimum Gasteiger partial charge on any atom is -0.507 e. The summed E-state index contributed by atoms with van der Waals surface area (Å²) in [6.07, 6.45) is 2.28. The second kappa shape index (κ2) is 7.97. The van der Waals surface area contributed by atoms with Crippen LogP contribution in [0.4, 0.5) is 8.78 Å². The fourth-order valence-electron chi connectivity index (χ4n) is 4.97. The molecule has 3 aliphatic rings. The normalized spacial score (nSPS) is 21.3. The van der Waals surface area contributed by atoms with Crippen LogP contribution in [-0.2, 0) is 17.6 Å². The number of carbonyl (C=O) groups is 1. The van der Waals surface area contributed by atoms with Gasteiger partial charge in [0.1, 0.15) is 17.7 Å². The van der Waals surface area contributed by atoms with Crippen LogP contribution in [0, 0.1) is 11.6 Å². The summed E-state index contributed by atoms with van der Waals surface area (Å²) in [6, 6.07) is 8.87. The van der Waals surface area contributed by atoms with E-state index < -0.39 is 23.8 Å². The molecule has 8 heteroatoms. The number of hydrazine groups is 1. The Kier molecular flexibility index (Phi) is 5.22. The van der Waals surface area contributed by atoms with Crippen molar-refractivity contribution in [3.8, 4) is 0 Å². The predicted molar refractivity (Wildman–Crippen MR) is 117 cm³/mol. The lowest BCUT2D eigenvalue weighted by Gasteiger charge is -2.50. The van der Waals surface area contributed by atoms with Gasteiger partial charge in [-0.2, -0.15) is 5.01 Å². The molecule has 1 aliphatic carbocycles. The molecule has 2 aromatic carbocycles. The van der Waals surface area contributed by atoms with Gasteiger partial charge in [0.05, 0.1) is 12.7 Å². The number of amides is 1. The maximum absolute atomic E-state index is 14.9. The van der Waals surface area contributed by atoms with E-state index in [-0.39, 0.29) is 30.0 Å². The van der Waals surface area contributed by atoms with Crippen LogP contribution in [0.5, 0.6) is 0 Å². The van der Waals surface area contributed by atoms with E-state index in [1.807, 2.05) is 31.0 Å². The third kappa shape index (κ3) is 3.32. The van der Waals surface area contributed by atoms with Gasteiger partial charge in [0.25, 0.3) is 5.91 Å². The van der Waals surface area contributed by atoms with Gasteiger partial charge in [0.2, 0.25) is 0 Å². The molecule has 1 unspecified atom stereocenters. The van der Waals surface area contributed by atoms with Crippen molar-refractivity contribution >= 4 is 5.91 Å². The number of halogens is 2. The fourth-order valence-corrected chi connectivity index (χ4v) is 4.97. The van der Waals surface area contributed by atoms with Crippen LogP contribution in [-0.4, -0.2) is 49.9 Å². The maximum atomic E-state index is 14.9. The van der Waals surface area contributed by atoms with E-state index in [1.54, 1.807) is 17.0 Å². The monoisotopic (exact) mass is 453 g/mol. The Morgan fingerprint density at radius 3 is 2.12 bits per heavy atom. The molecule has 0 radical (unpaired) electrons. The minimum atomic E-state index is -1.31. The van der Waals surface area contributed by atoms with Crippen molar-refractivity contribution in [2.24, 2.45) is 0 Å². The summed E-state index contributed by atoms with van der Waals surface area (Å²) in [6.45, 7) is 3.84. The molecule has 1 fully saturated rings. The number of rotatable bonds is 2. The van der Waals surface area contributed by atoms with Gasteiger partial charge in [0, 0.05) is 12.2 Å². The number of hydrogen-bond donors (Lipinski definition) is 2. The number of nitrogens with zero attached hydrogens (tertiary/aromatic N) is 3. The van der Waals surface area contributed by atoms with E-state index in [0.717, 1.165) is 0 Å². The number of aliphatic hydroxyl groups excluding tert-OH is 2. The third-order valence-corrected chi connectivity index (χ3v) is 6.64. The van der Waals surface area contributed by atoms with Crippen molar-refractivity contribution in [3.63, 3.8) is 0 Å². The summed E-state index contributed by atoms with van der Waals surface area (Å²) >= 11 is 0. The molecule has 33 heavy (non-hydrogen) atoms. The van der Waals surface area contributed by atoms with E-state index in [2.05, 4.69) is 0 Å². The topological polar surface area (TPSA) is 67.2 Å². The highest BCUT2D eigenvalue weighted by Gasteiger charge is 2.44. The molecule has 172 valence electrons. The first-order valence-electron chi connectivity index (χ1n) is 11.0. The predicted octanol–water partition coefficient (Wildman–Crippen LogP) is 3.54. The number of carbonyl (C=O) groups excluding carboxylic acids is 1. The summed E-state index contributed by atoms with van der Waals surface area (Å²) in [5.74, 6) is -1.59. The molecule has 0 aromatic heterocycles. The first-order chi connectivity index (χ1) is 15.8. The van der Waals surface area contributed by atoms with Crippen LogP contribution in [0.15, 0.2) is 60.1 Å². The summed E-state index contributed by atoms with van der Waals surface area (Å²) in [5, 5.41) is 24.1. The molecule has 0 saturated carbocycles. The molecule has 5 rings (SSSR count). The van der Waals surface area contributed by atoms with Gasteiger partial charge in [0.15, 0.2) is 11.5 Å². The van der Waals surface area contributed by atoms with Crippen molar-refractivity contribution in [3.05, 3.63) is 94.0 Å². The van der Waals surface area contributed by atoms with Gasteiger partial charge in [-0.1, -0.05) is 24.3 Å². The van der Waals surface area contributed by atoms with Crippen molar-refractivity contribution in [1.29, 1.82) is 0 Å². The van der Waals surface area contributed by atoms with Gasteiger partial charge >= 0.3 is 0 Å². The molecular weight excluding hydrogens is 428 g/mol. The van der Waals surface area contributed by atoms with Crippen LogP contribution in [0.1, 0.15) is 42.1 Å². The largest absolute Gasteiger partial charge is 0.507 e. The third-order valence-electron chi connectivity index (χ3n) is 6.64. The van der Waals surface area contributed by atoms with Crippen LogP contribution < -0.4 is 0 Å². The van der Waals surface area contributed by atoms with Crippen molar-refractivity contribution < 1.29 is 23.8 Å². The van der Waals surface area contributed by atoms with E-state index in [0.29, 0.717) is 35.1 Å². The van der Waals surface area contributed by atoms with Gasteiger partial charge < -0.3 is 15.1 Å². The van der Waals surface area contributed by atoms with Crippen molar-refractivity contribution in [1.82, 2.24) is 14.9 Å². The van der Waals surface area contributed by atoms with Crippen LogP contribution in [0.25, 0.3) is 0 Å². The molecule has 1 atom stereocenters. The lowest BCUT2D eigenvalue weighted by atomic mass is 9.93. The fraction of sp³-hybridized carbons (Fsp3) is 0.320. The Hall–Kier alpha value is -3.23. The Morgan fingerprint density at radius 1 is 1.00 bits per heavy atom. The highest BCUT2D eigenvalue weighted by Crippen LogP contribution is 2.42. The van der Waals surface area contributed by atoms with Gasteiger partial charge in [-0.3, -0.25) is 9.80 Å². The average Bonchev–Trinajstić information content (AvgIpc) is 2.95. The van der Waals surface area contributed by atoms with Crippen LogP contribution in [0.3, 0.4) is 0 Å². The van der Waals surface area contributed by atoms with Crippen molar-refractivity contribution in [2.45, 2.75) is 44.9 Å². The van der Waals surface area contributed by atoms with Gasteiger partial charge in [-0.25, -0.2) is 8.78 Å². The SMILES string of the molecule is CC(C)N1CN(C2c3cccc(F)c3CCc3c(F)cccc32)N2C=CC(O)C(O)=C2C1=O. The number of hydrogen-bond acceptors (Lipinski definition) is 5. The average molecular weight is 453 g/mol. The quantitative estimate of drug-likeness (QED) is 0.728. The zero-order valence-electron chi connectivity index (χ0n) is 18.4. The van der Waals surface area contributed by atoms with Crippen LogP contribution >= 0.6 is 0 Å². The highest BCUT2D eigenvalue weighted by molar-refractivity contribution is 5.94. The molecule has 1 amide bonds. The summed E-state index contributed by atoms with van der Waals surface area (Å²) in [4.78, 5) is 14.8. The molecular formula is C25H25F2N3O3. The lowest BCUT2D eigenvalue weighted by Crippen LogP contribution is -2.60. The van der Waals surface area contributed by atoms with Gasteiger partial charge in [-0.15, -0.1) is 0 Å². The number of benzene rings is 2. The second-order valence-corrected chi connectivity index (χ2v) is 8.83. The first kappa shape index (κ1) is 21.6. The smallest absolute Gasteiger partial charge is 0.276 e. The summed E-state index contributed by atoms with van der Waals surface area (Å²) in [5.41, 5.74) is 2.29. The molecule has 2 heterocycles. The molecule has 2 aromatic rings. The lowest BCUT2D eigenvalue weighted by molar-refractivity contribution is -0.153. The maximum Gasteiger partial charge on any atom is 0.276 e. The molecule has 0 spiro atoms. The highest BCUT2D eigenvalue weighted by atomic mass is 19.1. The molecule has 2 aliphatic heterocycles. The standard InChI is InChI=1S/C25H25F2N3O3/c1-14(2)28-13-30(29-12-11-21(31)24(32)23(29)25(28)33)22-17-5-3-7-19(26)15(17)9-10-16-18(22)6-4-8-20(16)27/h3-8,11-12,14,21-22,31-32H,9-10,13H2,1-2H3. The van der Waals surface area contributed by atoms with Crippen LogP contribution in [0.2, 0.25) is 0 Å². The zero-order valence-corrected chi connectivity index (χ0v) is 18.4. The van der Waals surface area contributed by atoms with E-state index >= 15 is 0 Å². The minimum absolute atomic E-state index is 0.0647. The molecule has 6 nitrogen and oxygen atoms in total.